The average Bonchev–Trinajstić information content (AvgIpc) is 3.05. The lowest BCUT2D eigenvalue weighted by molar-refractivity contribution is -0.123. The summed E-state index contributed by atoms with van der Waals surface area (Å²) < 4.78 is 29.9. The van der Waals surface area contributed by atoms with Gasteiger partial charge in [-0.25, -0.2) is 9.18 Å². The lowest BCUT2D eigenvalue weighted by Crippen LogP contribution is -2.30. The monoisotopic (exact) mass is 399 g/mol. The molecule has 0 radical (unpaired) electrons. The van der Waals surface area contributed by atoms with Gasteiger partial charge in [0.25, 0.3) is 5.91 Å². The fourth-order valence-electron chi connectivity index (χ4n) is 2.73. The summed E-state index contributed by atoms with van der Waals surface area (Å²) in [5.41, 5.74) is 1.36. The number of ether oxygens (including phenoxy) is 2. The summed E-state index contributed by atoms with van der Waals surface area (Å²) in [6.07, 6.45) is -1.15. The molecule has 1 amide bonds. The fraction of sp³-hybridized carbons (Fsp3) is 0.273. The van der Waals surface area contributed by atoms with Crippen LogP contribution in [0.3, 0.4) is 0 Å². The number of carbonyl (C=O) groups is 2. The highest BCUT2D eigenvalue weighted by Crippen LogP contribution is 2.28. The molecule has 3 rings (SSSR count). The lowest BCUT2D eigenvalue weighted by atomic mass is 10.1. The number of esters is 1. The minimum Gasteiger partial charge on any atom is -0.449 e. The lowest BCUT2D eigenvalue weighted by Gasteiger charge is -2.13. The molecule has 0 bridgehead atoms. The summed E-state index contributed by atoms with van der Waals surface area (Å²) in [5, 5.41) is 3.26. The Bertz CT molecular complexity index is 1030. The van der Waals surface area contributed by atoms with Gasteiger partial charge in [-0.2, -0.15) is 0 Å². The van der Waals surface area contributed by atoms with Crippen molar-refractivity contribution in [1.82, 2.24) is 0 Å². The molecule has 3 aromatic rings. The topological polar surface area (TPSA) is 77.8 Å². The Morgan fingerprint density at radius 2 is 1.86 bits per heavy atom. The minimum absolute atomic E-state index is 0.00254. The van der Waals surface area contributed by atoms with Crippen molar-refractivity contribution in [1.29, 1.82) is 0 Å². The van der Waals surface area contributed by atoms with E-state index in [9.17, 15) is 14.0 Å². The third kappa shape index (κ3) is 5.00. The Labute approximate surface area is 167 Å². The molecule has 0 saturated carbocycles. The van der Waals surface area contributed by atoms with Gasteiger partial charge in [0, 0.05) is 16.6 Å². The molecule has 1 atom stereocenters. The van der Waals surface area contributed by atoms with E-state index in [-0.39, 0.29) is 24.2 Å². The van der Waals surface area contributed by atoms with Crippen LogP contribution in [0.1, 0.15) is 36.9 Å². The molecule has 1 unspecified atom stereocenters. The van der Waals surface area contributed by atoms with E-state index >= 15 is 0 Å². The number of para-hydroxylation sites is 1. The molecular weight excluding hydrogens is 377 g/mol. The molecule has 2 aromatic carbocycles. The van der Waals surface area contributed by atoms with Gasteiger partial charge in [-0.05, 0) is 45.0 Å². The molecular formula is C22H22FNO5. The van der Waals surface area contributed by atoms with Crippen molar-refractivity contribution in [2.45, 2.75) is 39.6 Å². The Hall–Kier alpha value is -3.19. The third-order valence-corrected chi connectivity index (χ3v) is 4.19. The first-order valence-corrected chi connectivity index (χ1v) is 9.24. The van der Waals surface area contributed by atoms with Gasteiger partial charge in [-0.1, -0.05) is 24.3 Å². The maximum atomic E-state index is 13.3. The van der Waals surface area contributed by atoms with E-state index in [0.29, 0.717) is 11.1 Å². The van der Waals surface area contributed by atoms with E-state index in [1.54, 1.807) is 12.1 Å². The Balaban J connectivity index is 1.76. The summed E-state index contributed by atoms with van der Waals surface area (Å²) in [6, 6.07) is 12.6. The second kappa shape index (κ2) is 8.87. The summed E-state index contributed by atoms with van der Waals surface area (Å²) in [5.74, 6) is -1.84. The van der Waals surface area contributed by atoms with Crippen molar-refractivity contribution in [2.24, 2.45) is 0 Å². The van der Waals surface area contributed by atoms with E-state index in [2.05, 4.69) is 5.32 Å². The van der Waals surface area contributed by atoms with Gasteiger partial charge in [0.05, 0.1) is 12.7 Å². The first-order valence-electron chi connectivity index (χ1n) is 9.24. The van der Waals surface area contributed by atoms with Gasteiger partial charge in [-0.15, -0.1) is 0 Å². The van der Waals surface area contributed by atoms with Gasteiger partial charge < -0.3 is 19.2 Å². The fourth-order valence-corrected chi connectivity index (χ4v) is 2.73. The molecule has 0 spiro atoms. The molecule has 7 heteroatoms. The molecule has 1 N–H and O–H groups in total. The number of carbonyl (C=O) groups excluding carboxylic acids is 2. The summed E-state index contributed by atoms with van der Waals surface area (Å²) in [6.45, 7) is 5.38. The van der Waals surface area contributed by atoms with Crippen molar-refractivity contribution in [2.75, 3.05) is 5.32 Å². The number of hydrogen-bond donors (Lipinski definition) is 1. The molecule has 1 aromatic heterocycles. The second-order valence-corrected chi connectivity index (χ2v) is 6.81. The maximum Gasteiger partial charge on any atom is 0.375 e. The average molecular weight is 399 g/mol. The van der Waals surface area contributed by atoms with Crippen molar-refractivity contribution < 1.29 is 27.9 Å². The second-order valence-electron chi connectivity index (χ2n) is 6.81. The summed E-state index contributed by atoms with van der Waals surface area (Å²) in [4.78, 5) is 25.0. The van der Waals surface area contributed by atoms with E-state index in [4.69, 9.17) is 13.9 Å². The van der Waals surface area contributed by atoms with Gasteiger partial charge in [-0.3, -0.25) is 4.79 Å². The van der Waals surface area contributed by atoms with Gasteiger partial charge in [0.15, 0.2) is 6.10 Å². The zero-order valence-electron chi connectivity index (χ0n) is 16.4. The van der Waals surface area contributed by atoms with Crippen LogP contribution in [0.15, 0.2) is 52.9 Å². The Morgan fingerprint density at radius 1 is 1.10 bits per heavy atom. The first kappa shape index (κ1) is 20.5. The Kier molecular flexibility index (Phi) is 6.29. The molecule has 6 nitrogen and oxygen atoms in total. The van der Waals surface area contributed by atoms with Crippen LogP contribution in [0.25, 0.3) is 11.0 Å². The number of amides is 1. The van der Waals surface area contributed by atoms with Crippen molar-refractivity contribution >= 4 is 28.5 Å². The van der Waals surface area contributed by atoms with Crippen LogP contribution in [0.5, 0.6) is 0 Å². The largest absolute Gasteiger partial charge is 0.449 e. The summed E-state index contributed by atoms with van der Waals surface area (Å²) >= 11 is 0. The van der Waals surface area contributed by atoms with E-state index < -0.39 is 23.8 Å². The number of benzene rings is 2. The number of fused-ring (bicyclic) bond motifs is 1. The van der Waals surface area contributed by atoms with Gasteiger partial charge in [0.2, 0.25) is 5.76 Å². The highest BCUT2D eigenvalue weighted by Gasteiger charge is 2.26. The predicted molar refractivity (Wildman–Crippen MR) is 106 cm³/mol. The molecule has 152 valence electrons. The van der Waals surface area contributed by atoms with Crippen molar-refractivity contribution in [3.05, 3.63) is 65.7 Å². The third-order valence-electron chi connectivity index (χ3n) is 4.19. The summed E-state index contributed by atoms with van der Waals surface area (Å²) in [7, 11) is 0. The molecule has 0 aliphatic carbocycles. The highest BCUT2D eigenvalue weighted by molar-refractivity contribution is 5.99. The first-order chi connectivity index (χ1) is 13.8. The molecule has 0 fully saturated rings. The standard InChI is InChI=1S/C22H22FNO5/c1-13(2)27-12-18-17-9-4-5-10-19(17)29-20(18)22(26)28-14(3)21(25)24-16-8-6-7-15(23)11-16/h4-11,13-14H,12H2,1-3H3,(H,24,25). The minimum atomic E-state index is -1.11. The van der Waals surface area contributed by atoms with Crippen LogP contribution < -0.4 is 5.32 Å². The highest BCUT2D eigenvalue weighted by atomic mass is 19.1. The number of hydrogen-bond acceptors (Lipinski definition) is 5. The smallest absolute Gasteiger partial charge is 0.375 e. The maximum absolute atomic E-state index is 13.3. The normalized spacial score (nSPS) is 12.2. The number of rotatable bonds is 7. The molecule has 29 heavy (non-hydrogen) atoms. The van der Waals surface area contributed by atoms with Crippen molar-refractivity contribution in [3.63, 3.8) is 0 Å². The predicted octanol–water partition coefficient (Wildman–Crippen LogP) is 4.68. The zero-order valence-corrected chi connectivity index (χ0v) is 16.4. The molecule has 1 heterocycles. The molecule has 0 aliphatic rings. The van der Waals surface area contributed by atoms with E-state index in [1.807, 2.05) is 26.0 Å². The number of halogens is 1. The van der Waals surface area contributed by atoms with Crippen LogP contribution in [0.2, 0.25) is 0 Å². The van der Waals surface area contributed by atoms with Gasteiger partial charge in [0.1, 0.15) is 11.4 Å². The van der Waals surface area contributed by atoms with E-state index in [1.165, 1.54) is 31.2 Å². The van der Waals surface area contributed by atoms with Crippen LogP contribution in [-0.2, 0) is 20.9 Å². The molecule has 0 aliphatic heterocycles. The van der Waals surface area contributed by atoms with E-state index in [0.717, 1.165) is 5.39 Å². The van der Waals surface area contributed by atoms with Crippen LogP contribution in [0, 0.1) is 5.82 Å². The van der Waals surface area contributed by atoms with Crippen LogP contribution in [-0.4, -0.2) is 24.1 Å². The zero-order chi connectivity index (χ0) is 21.0. The van der Waals surface area contributed by atoms with Gasteiger partial charge >= 0.3 is 5.97 Å². The quantitative estimate of drug-likeness (QED) is 0.584. The number of nitrogens with one attached hydrogen (secondary N) is 1. The van der Waals surface area contributed by atoms with Crippen LogP contribution >= 0.6 is 0 Å². The Morgan fingerprint density at radius 3 is 2.59 bits per heavy atom. The number of furan rings is 1. The van der Waals surface area contributed by atoms with Crippen LogP contribution in [0.4, 0.5) is 10.1 Å². The molecule has 0 saturated heterocycles. The van der Waals surface area contributed by atoms with Crippen molar-refractivity contribution in [3.8, 4) is 0 Å². The SMILES string of the molecule is CC(C)OCc1c(C(=O)OC(C)C(=O)Nc2cccc(F)c2)oc2ccccc12. The number of anilines is 1.